The maximum absolute atomic E-state index is 12.4. The Labute approximate surface area is 132 Å². The average Bonchev–Trinajstić information content (AvgIpc) is 3.16. The van der Waals surface area contributed by atoms with E-state index in [-0.39, 0.29) is 6.04 Å². The number of carbonyl (C=O) groups is 2. The summed E-state index contributed by atoms with van der Waals surface area (Å²) in [4.78, 5) is 34.3. The van der Waals surface area contributed by atoms with Gasteiger partial charge >= 0.3 is 11.8 Å². The summed E-state index contributed by atoms with van der Waals surface area (Å²) in [6.07, 6.45) is 5.16. The minimum absolute atomic E-state index is 0.0562. The van der Waals surface area contributed by atoms with Crippen molar-refractivity contribution in [1.82, 2.24) is 14.9 Å². The van der Waals surface area contributed by atoms with Crippen LogP contribution in [0, 0.1) is 6.92 Å². The minimum Gasteiger partial charge on any atom is -0.327 e. The smallest absolute Gasteiger partial charge is 0.315 e. The van der Waals surface area contributed by atoms with E-state index in [9.17, 15) is 9.59 Å². The Hall–Kier alpha value is -2.28. The Kier molecular flexibility index (Phi) is 4.15. The highest BCUT2D eigenvalue weighted by atomic mass is 32.1. The van der Waals surface area contributed by atoms with Crippen molar-refractivity contribution in [3.8, 4) is 0 Å². The van der Waals surface area contributed by atoms with Crippen LogP contribution in [0.5, 0.6) is 0 Å². The van der Waals surface area contributed by atoms with Gasteiger partial charge in [-0.3, -0.25) is 19.9 Å². The van der Waals surface area contributed by atoms with Crippen molar-refractivity contribution in [2.75, 3.05) is 11.9 Å². The van der Waals surface area contributed by atoms with Gasteiger partial charge in [-0.25, -0.2) is 4.98 Å². The number of amides is 2. The molecule has 1 saturated heterocycles. The zero-order chi connectivity index (χ0) is 15.5. The van der Waals surface area contributed by atoms with Gasteiger partial charge < -0.3 is 4.90 Å². The molecule has 3 rings (SSSR count). The molecular weight excluding hydrogens is 300 g/mol. The van der Waals surface area contributed by atoms with Crippen LogP contribution in [-0.4, -0.2) is 33.2 Å². The van der Waals surface area contributed by atoms with Crippen LogP contribution in [0.25, 0.3) is 0 Å². The highest BCUT2D eigenvalue weighted by molar-refractivity contribution is 7.14. The number of aromatic nitrogens is 2. The molecule has 7 heteroatoms. The molecule has 2 aromatic heterocycles. The highest BCUT2D eigenvalue weighted by Gasteiger charge is 2.33. The molecule has 0 spiro atoms. The molecule has 22 heavy (non-hydrogen) atoms. The molecule has 1 fully saturated rings. The predicted octanol–water partition coefficient (Wildman–Crippen LogP) is 2.15. The summed E-state index contributed by atoms with van der Waals surface area (Å²) >= 11 is 1.31. The lowest BCUT2D eigenvalue weighted by molar-refractivity contribution is -0.143. The molecule has 1 atom stereocenters. The Morgan fingerprint density at radius 2 is 2.14 bits per heavy atom. The van der Waals surface area contributed by atoms with E-state index in [0.717, 1.165) is 24.1 Å². The maximum Gasteiger partial charge on any atom is 0.315 e. The molecule has 0 unspecified atom stereocenters. The third-order valence-electron chi connectivity index (χ3n) is 3.64. The van der Waals surface area contributed by atoms with E-state index in [1.165, 1.54) is 11.3 Å². The number of likely N-dealkylation sites (tertiary alicyclic amines) is 1. The molecule has 6 nitrogen and oxygen atoms in total. The summed E-state index contributed by atoms with van der Waals surface area (Å²) in [6.45, 7) is 2.43. The Bertz CT molecular complexity index is 686. The second-order valence-electron chi connectivity index (χ2n) is 5.19. The van der Waals surface area contributed by atoms with Crippen LogP contribution < -0.4 is 5.32 Å². The van der Waals surface area contributed by atoms with Crippen molar-refractivity contribution in [2.24, 2.45) is 0 Å². The first-order valence-electron chi connectivity index (χ1n) is 7.09. The molecule has 3 heterocycles. The van der Waals surface area contributed by atoms with Crippen molar-refractivity contribution in [2.45, 2.75) is 25.8 Å². The molecule has 0 aliphatic carbocycles. The van der Waals surface area contributed by atoms with Gasteiger partial charge in [0, 0.05) is 24.3 Å². The van der Waals surface area contributed by atoms with Gasteiger partial charge in [-0.05, 0) is 37.5 Å². The van der Waals surface area contributed by atoms with E-state index < -0.39 is 11.8 Å². The fourth-order valence-corrected chi connectivity index (χ4v) is 3.32. The van der Waals surface area contributed by atoms with Crippen molar-refractivity contribution in [3.05, 3.63) is 41.2 Å². The molecule has 1 aliphatic rings. The molecule has 2 amide bonds. The summed E-state index contributed by atoms with van der Waals surface area (Å²) in [6, 6.07) is 3.72. The molecule has 0 bridgehead atoms. The quantitative estimate of drug-likeness (QED) is 0.861. The van der Waals surface area contributed by atoms with Gasteiger partial charge in [-0.2, -0.15) is 0 Å². The van der Waals surface area contributed by atoms with Crippen molar-refractivity contribution in [1.29, 1.82) is 0 Å². The summed E-state index contributed by atoms with van der Waals surface area (Å²) in [5.41, 5.74) is 1.84. The largest absolute Gasteiger partial charge is 0.327 e. The van der Waals surface area contributed by atoms with Crippen LogP contribution in [0.15, 0.2) is 29.9 Å². The molecule has 1 N–H and O–H groups in total. The van der Waals surface area contributed by atoms with Crippen LogP contribution >= 0.6 is 11.3 Å². The fourth-order valence-electron chi connectivity index (χ4n) is 2.63. The van der Waals surface area contributed by atoms with Crippen LogP contribution in [-0.2, 0) is 9.59 Å². The van der Waals surface area contributed by atoms with Gasteiger partial charge in [0.05, 0.1) is 11.7 Å². The molecular formula is C15H16N4O2S. The summed E-state index contributed by atoms with van der Waals surface area (Å²) in [7, 11) is 0. The molecule has 2 aromatic rings. The number of carbonyl (C=O) groups excluding carboxylic acids is 2. The number of anilines is 1. The molecule has 0 aromatic carbocycles. The average molecular weight is 316 g/mol. The van der Waals surface area contributed by atoms with Crippen LogP contribution in [0.3, 0.4) is 0 Å². The Balaban J connectivity index is 1.72. The number of hydrogen-bond donors (Lipinski definition) is 1. The Morgan fingerprint density at radius 3 is 2.82 bits per heavy atom. The van der Waals surface area contributed by atoms with E-state index in [0.29, 0.717) is 11.7 Å². The topological polar surface area (TPSA) is 75.2 Å². The van der Waals surface area contributed by atoms with E-state index in [1.807, 2.05) is 24.4 Å². The maximum atomic E-state index is 12.4. The van der Waals surface area contributed by atoms with Crippen molar-refractivity contribution < 1.29 is 9.59 Å². The first kappa shape index (κ1) is 14.6. The zero-order valence-corrected chi connectivity index (χ0v) is 13.0. The third-order valence-corrected chi connectivity index (χ3v) is 4.51. The van der Waals surface area contributed by atoms with Crippen LogP contribution in [0.1, 0.15) is 30.1 Å². The van der Waals surface area contributed by atoms with E-state index in [2.05, 4.69) is 15.3 Å². The lowest BCUT2D eigenvalue weighted by Gasteiger charge is -2.24. The normalized spacial score (nSPS) is 17.5. The summed E-state index contributed by atoms with van der Waals surface area (Å²) in [5, 5.41) is 4.86. The lowest BCUT2D eigenvalue weighted by Crippen LogP contribution is -2.39. The number of thiazole rings is 1. The van der Waals surface area contributed by atoms with Gasteiger partial charge in [0.25, 0.3) is 0 Å². The first-order valence-corrected chi connectivity index (χ1v) is 7.97. The van der Waals surface area contributed by atoms with Gasteiger partial charge in [-0.1, -0.05) is 0 Å². The van der Waals surface area contributed by atoms with Crippen molar-refractivity contribution in [3.63, 3.8) is 0 Å². The van der Waals surface area contributed by atoms with Crippen LogP contribution in [0.2, 0.25) is 0 Å². The number of aryl methyl sites for hydroxylation is 1. The number of nitrogens with one attached hydrogen (secondary N) is 1. The second kappa shape index (κ2) is 6.23. The van der Waals surface area contributed by atoms with E-state index in [4.69, 9.17) is 0 Å². The zero-order valence-electron chi connectivity index (χ0n) is 12.2. The van der Waals surface area contributed by atoms with Gasteiger partial charge in [-0.15, -0.1) is 11.3 Å². The lowest BCUT2D eigenvalue weighted by atomic mass is 10.1. The monoisotopic (exact) mass is 316 g/mol. The minimum atomic E-state index is -0.629. The highest BCUT2D eigenvalue weighted by Crippen LogP contribution is 2.31. The predicted molar refractivity (Wildman–Crippen MR) is 83.4 cm³/mol. The fraction of sp³-hybridized carbons (Fsp3) is 0.333. The number of hydrogen-bond acceptors (Lipinski definition) is 5. The summed E-state index contributed by atoms with van der Waals surface area (Å²) in [5.74, 6) is -1.14. The Morgan fingerprint density at radius 1 is 1.36 bits per heavy atom. The van der Waals surface area contributed by atoms with E-state index in [1.54, 1.807) is 17.3 Å². The third kappa shape index (κ3) is 2.99. The number of nitrogens with zero attached hydrogens (tertiary/aromatic N) is 3. The van der Waals surface area contributed by atoms with E-state index >= 15 is 0 Å². The van der Waals surface area contributed by atoms with Crippen molar-refractivity contribution >= 4 is 28.3 Å². The summed E-state index contributed by atoms with van der Waals surface area (Å²) < 4.78 is 0. The standard InChI is InChI=1S/C15H16N4O2S/c1-10-9-22-15(17-10)18-13(20)14(21)19-8-2-3-12(19)11-4-6-16-7-5-11/h4-7,9,12H,2-3,8H2,1H3,(H,17,18,20)/t12-/m1/s1. The molecule has 0 radical (unpaired) electrons. The molecule has 0 saturated carbocycles. The molecule has 1 aliphatic heterocycles. The van der Waals surface area contributed by atoms with Gasteiger partial charge in [0.1, 0.15) is 0 Å². The number of pyridine rings is 1. The van der Waals surface area contributed by atoms with Crippen LogP contribution in [0.4, 0.5) is 5.13 Å². The van der Waals surface area contributed by atoms with Gasteiger partial charge in [0.2, 0.25) is 0 Å². The second-order valence-corrected chi connectivity index (χ2v) is 6.04. The first-order chi connectivity index (χ1) is 10.6. The number of rotatable bonds is 2. The molecule has 114 valence electrons. The SMILES string of the molecule is Cc1csc(NC(=O)C(=O)N2CCC[C@@H]2c2ccncc2)n1. The van der Waals surface area contributed by atoms with Gasteiger partial charge in [0.15, 0.2) is 5.13 Å².